The average Bonchev–Trinajstić information content (AvgIpc) is 0.722. The first-order valence-corrected chi connectivity index (χ1v) is 2.35. The Kier molecular flexibility index (Phi) is 529. The Morgan fingerprint density at radius 2 is 0.600 bits per heavy atom. The zero-order valence-electron chi connectivity index (χ0n) is 9.40. The molecule has 0 aromatic rings. The van der Waals surface area contributed by atoms with Crippen molar-refractivity contribution in [2.75, 3.05) is 0 Å². The smallest absolute Gasteiger partial charge is 1.00 e. The molecule has 0 amide bonds. The van der Waals surface area contributed by atoms with Gasteiger partial charge in [0.25, 0.3) is 0 Å². The molecule has 21 N–H and O–H groups in total. The maximum absolute atomic E-state index is 8.88. The van der Waals surface area contributed by atoms with Crippen molar-refractivity contribution < 1.29 is 71.4 Å². The van der Waals surface area contributed by atoms with E-state index in [0.717, 1.165) is 0 Å². The standard InChI is InChI=1S/Ba.H3O4P.9H2O.2H/c;1-5(2,3)4;;;;;;;;;;;/h;(H3,1,2,3,4);9*1H2;;/q+2;;;;;;;;;;;2*-1. The van der Waals surface area contributed by atoms with Gasteiger partial charge in [-0.3, -0.25) is 0 Å². The number of hydrogen-bond acceptors (Lipinski definition) is 1. The Labute approximate surface area is 127 Å². The SMILES string of the molecule is O.O.O.O.O.O.O.O.O.O=P(O)(O)O.[Ba+2].[H-].[H-]. The van der Waals surface area contributed by atoms with Gasteiger partial charge < -0.3 is 66.8 Å². The summed E-state index contributed by atoms with van der Waals surface area (Å²) >= 11 is 0. The fourth-order valence-electron chi connectivity index (χ4n) is 0. The van der Waals surface area contributed by atoms with Crippen molar-refractivity contribution >= 4 is 56.7 Å². The van der Waals surface area contributed by atoms with Gasteiger partial charge in [-0.2, -0.15) is 0 Å². The van der Waals surface area contributed by atoms with Gasteiger partial charge in [0.2, 0.25) is 0 Å². The van der Waals surface area contributed by atoms with Crippen LogP contribution in [0.15, 0.2) is 0 Å². The number of rotatable bonds is 0. The molecular formula is H23BaO13P. The second-order valence-electron chi connectivity index (χ2n) is 0.513. The van der Waals surface area contributed by atoms with Crippen molar-refractivity contribution in [3.05, 3.63) is 0 Å². The maximum atomic E-state index is 8.88. The van der Waals surface area contributed by atoms with E-state index in [0.29, 0.717) is 0 Å². The average molecular weight is 399 g/mol. The Bertz CT molecular complexity index is 65.6. The molecule has 0 spiro atoms. The maximum Gasteiger partial charge on any atom is 2.00 e. The molecule has 0 aliphatic rings. The first-order valence-electron chi connectivity index (χ1n) is 0.783. The molecule has 0 rings (SSSR count). The monoisotopic (exact) mass is 400 g/mol. The van der Waals surface area contributed by atoms with Crippen LogP contribution in [0.3, 0.4) is 0 Å². The molecule has 0 unspecified atom stereocenters. The molecule has 0 aliphatic carbocycles. The molecule has 0 saturated heterocycles. The topological polar surface area (TPSA) is 361 Å². The van der Waals surface area contributed by atoms with Crippen molar-refractivity contribution in [3.63, 3.8) is 0 Å². The van der Waals surface area contributed by atoms with E-state index in [2.05, 4.69) is 0 Å². The van der Waals surface area contributed by atoms with Crippen molar-refractivity contribution in [1.29, 1.82) is 0 Å². The van der Waals surface area contributed by atoms with Crippen LogP contribution >= 0.6 is 7.82 Å². The molecule has 0 bridgehead atoms. The van der Waals surface area contributed by atoms with Crippen molar-refractivity contribution in [2.45, 2.75) is 0 Å². The van der Waals surface area contributed by atoms with Gasteiger partial charge in [-0.1, -0.05) is 0 Å². The van der Waals surface area contributed by atoms with Gasteiger partial charge >= 0.3 is 56.7 Å². The summed E-state index contributed by atoms with van der Waals surface area (Å²) in [5.41, 5.74) is 0. The summed E-state index contributed by atoms with van der Waals surface area (Å²) in [6.07, 6.45) is 0. The molecule has 0 aliphatic heterocycles. The zero-order chi connectivity index (χ0) is 4.50. The molecule has 108 valence electrons. The van der Waals surface area contributed by atoms with Gasteiger partial charge in [0.1, 0.15) is 0 Å². The molecule has 0 atom stereocenters. The molecular weight excluding hydrogens is 376 g/mol. The van der Waals surface area contributed by atoms with Crippen LogP contribution in [-0.2, 0) is 4.57 Å². The summed E-state index contributed by atoms with van der Waals surface area (Å²) < 4.78 is 8.88. The largest absolute Gasteiger partial charge is 2.00 e. The number of phosphoric acid groups is 1. The van der Waals surface area contributed by atoms with Gasteiger partial charge in [-0.15, -0.1) is 0 Å². The van der Waals surface area contributed by atoms with E-state index in [4.69, 9.17) is 19.2 Å². The predicted octanol–water partition coefficient (Wildman–Crippen LogP) is -8.51. The van der Waals surface area contributed by atoms with Crippen LogP contribution in [-0.4, -0.2) is 113 Å². The molecule has 0 radical (unpaired) electrons. The van der Waals surface area contributed by atoms with Gasteiger partial charge in [0, 0.05) is 0 Å². The summed E-state index contributed by atoms with van der Waals surface area (Å²) in [6.45, 7) is 0. The van der Waals surface area contributed by atoms with Crippen LogP contribution in [0.5, 0.6) is 0 Å². The summed E-state index contributed by atoms with van der Waals surface area (Å²) in [5.74, 6) is 0. The fraction of sp³-hybridized carbons (Fsp3) is 0. The van der Waals surface area contributed by atoms with Crippen LogP contribution in [0.2, 0.25) is 0 Å². The molecule has 13 nitrogen and oxygen atoms in total. The summed E-state index contributed by atoms with van der Waals surface area (Å²) in [4.78, 5) is 21.6. The molecule has 0 aromatic carbocycles. The molecule has 15 heavy (non-hydrogen) atoms. The first-order chi connectivity index (χ1) is 2.00. The summed E-state index contributed by atoms with van der Waals surface area (Å²) in [5, 5.41) is 0. The fourth-order valence-corrected chi connectivity index (χ4v) is 0. The van der Waals surface area contributed by atoms with Gasteiger partial charge in [0.05, 0.1) is 0 Å². The van der Waals surface area contributed by atoms with E-state index >= 15 is 0 Å². The van der Waals surface area contributed by atoms with E-state index in [1.54, 1.807) is 0 Å². The number of hydrogen-bond donors (Lipinski definition) is 3. The van der Waals surface area contributed by atoms with E-state index in [9.17, 15) is 0 Å². The van der Waals surface area contributed by atoms with Crippen molar-refractivity contribution in [1.82, 2.24) is 0 Å². The Hall–Kier alpha value is 1.32. The minimum absolute atomic E-state index is 0. The quantitative estimate of drug-likeness (QED) is 0.263. The van der Waals surface area contributed by atoms with E-state index < -0.39 is 7.82 Å². The van der Waals surface area contributed by atoms with Crippen LogP contribution < -0.4 is 0 Å². The van der Waals surface area contributed by atoms with Crippen LogP contribution in [0, 0.1) is 0 Å². The van der Waals surface area contributed by atoms with Gasteiger partial charge in [-0.05, 0) is 0 Å². The van der Waals surface area contributed by atoms with Crippen molar-refractivity contribution in [3.8, 4) is 0 Å². The molecule has 0 aromatic heterocycles. The third-order valence-electron chi connectivity index (χ3n) is 0. The minimum atomic E-state index is -4.64. The molecule has 15 heteroatoms. The third-order valence-corrected chi connectivity index (χ3v) is 0. The summed E-state index contributed by atoms with van der Waals surface area (Å²) in [7, 11) is -4.64. The van der Waals surface area contributed by atoms with E-state index in [-0.39, 0.29) is 101 Å². The van der Waals surface area contributed by atoms with Gasteiger partial charge in [0.15, 0.2) is 0 Å². The Balaban J connectivity index is -0.00000000121. The Morgan fingerprint density at radius 1 is 0.600 bits per heavy atom. The zero-order valence-corrected chi connectivity index (χ0v) is 12.7. The molecule has 0 saturated carbocycles. The Morgan fingerprint density at radius 3 is 0.600 bits per heavy atom. The first kappa shape index (κ1) is 135. The van der Waals surface area contributed by atoms with Crippen LogP contribution in [0.4, 0.5) is 0 Å². The van der Waals surface area contributed by atoms with Gasteiger partial charge in [-0.25, -0.2) is 4.57 Å². The second-order valence-corrected chi connectivity index (χ2v) is 1.54. The van der Waals surface area contributed by atoms with Crippen molar-refractivity contribution in [2.24, 2.45) is 0 Å². The van der Waals surface area contributed by atoms with E-state index in [1.807, 2.05) is 0 Å². The third kappa shape index (κ3) is 1560. The normalized spacial score (nSPS) is 3.93. The van der Waals surface area contributed by atoms with Crippen LogP contribution in [0.1, 0.15) is 2.85 Å². The molecule has 0 fully saturated rings. The molecule has 0 heterocycles. The minimum Gasteiger partial charge on any atom is -1.00 e. The predicted molar refractivity (Wildman–Crippen MR) is 54.8 cm³/mol. The second kappa shape index (κ2) is 58.6. The summed E-state index contributed by atoms with van der Waals surface area (Å²) in [6, 6.07) is 0. The van der Waals surface area contributed by atoms with E-state index in [1.165, 1.54) is 0 Å². The van der Waals surface area contributed by atoms with Crippen LogP contribution in [0.25, 0.3) is 0 Å².